The van der Waals surface area contributed by atoms with Gasteiger partial charge in [0.1, 0.15) is 10.8 Å². The fraction of sp³-hybridized carbons (Fsp3) is 0.500. The normalized spacial score (nSPS) is 10.5. The van der Waals surface area contributed by atoms with E-state index in [-0.39, 0.29) is 18.2 Å². The lowest BCUT2D eigenvalue weighted by Gasteiger charge is -2.21. The molecule has 0 aliphatic heterocycles. The van der Waals surface area contributed by atoms with Gasteiger partial charge in [-0.1, -0.05) is 31.6 Å². The standard InChI is InChI=1S/C20H28N4O3S/c1-4-6-7-18(26)24(13-5-2)14-12-17(25)21-20-23-22-19(28-20)15-8-10-16(27-3)11-9-15/h8-11H,4-7,12-14H2,1-3H3,(H,21,23,25). The molecule has 0 spiro atoms. The van der Waals surface area contributed by atoms with Crippen molar-refractivity contribution in [3.8, 4) is 16.3 Å². The minimum absolute atomic E-state index is 0.120. The number of methoxy groups -OCH3 is 1. The number of amides is 2. The molecular weight excluding hydrogens is 376 g/mol. The number of hydrogen-bond donors (Lipinski definition) is 1. The van der Waals surface area contributed by atoms with Crippen molar-refractivity contribution in [3.05, 3.63) is 24.3 Å². The lowest BCUT2D eigenvalue weighted by molar-refractivity contribution is -0.131. The van der Waals surface area contributed by atoms with Crippen molar-refractivity contribution in [2.24, 2.45) is 0 Å². The van der Waals surface area contributed by atoms with Gasteiger partial charge in [0.15, 0.2) is 0 Å². The number of anilines is 1. The summed E-state index contributed by atoms with van der Waals surface area (Å²) in [5, 5.41) is 12.1. The van der Waals surface area contributed by atoms with Gasteiger partial charge in [-0.05, 0) is 37.1 Å². The number of hydrogen-bond acceptors (Lipinski definition) is 6. The molecule has 8 heteroatoms. The van der Waals surface area contributed by atoms with E-state index in [2.05, 4.69) is 22.4 Å². The maximum atomic E-state index is 12.3. The lowest BCUT2D eigenvalue weighted by Crippen LogP contribution is -2.34. The summed E-state index contributed by atoms with van der Waals surface area (Å²) in [4.78, 5) is 26.3. The fourth-order valence-electron chi connectivity index (χ4n) is 2.66. The molecule has 1 aromatic carbocycles. The monoisotopic (exact) mass is 404 g/mol. The van der Waals surface area contributed by atoms with Crippen molar-refractivity contribution in [2.75, 3.05) is 25.5 Å². The molecule has 0 saturated carbocycles. The van der Waals surface area contributed by atoms with Crippen LogP contribution in [0.15, 0.2) is 24.3 Å². The van der Waals surface area contributed by atoms with Gasteiger partial charge in [0, 0.05) is 31.5 Å². The Morgan fingerprint density at radius 2 is 1.82 bits per heavy atom. The summed E-state index contributed by atoms with van der Waals surface area (Å²) in [5.41, 5.74) is 0.912. The molecule has 152 valence electrons. The Morgan fingerprint density at radius 1 is 1.07 bits per heavy atom. The lowest BCUT2D eigenvalue weighted by atomic mass is 10.2. The van der Waals surface area contributed by atoms with Crippen LogP contribution in [0, 0.1) is 0 Å². The van der Waals surface area contributed by atoms with Crippen LogP contribution in [0.4, 0.5) is 5.13 Å². The highest BCUT2D eigenvalue weighted by Crippen LogP contribution is 2.27. The van der Waals surface area contributed by atoms with Crippen molar-refractivity contribution < 1.29 is 14.3 Å². The predicted octanol–water partition coefficient (Wildman–Crippen LogP) is 3.97. The number of nitrogens with zero attached hydrogens (tertiary/aromatic N) is 3. The third-order valence-corrected chi connectivity index (χ3v) is 5.10. The van der Waals surface area contributed by atoms with E-state index in [1.165, 1.54) is 11.3 Å². The molecule has 0 radical (unpaired) electrons. The van der Waals surface area contributed by atoms with Gasteiger partial charge < -0.3 is 15.0 Å². The van der Waals surface area contributed by atoms with E-state index in [9.17, 15) is 9.59 Å². The number of unbranched alkanes of at least 4 members (excludes halogenated alkanes) is 1. The molecule has 7 nitrogen and oxygen atoms in total. The predicted molar refractivity (Wildman–Crippen MR) is 112 cm³/mol. The number of benzene rings is 1. The van der Waals surface area contributed by atoms with Gasteiger partial charge in [0.2, 0.25) is 16.9 Å². The first-order valence-electron chi connectivity index (χ1n) is 9.62. The largest absolute Gasteiger partial charge is 0.497 e. The number of nitrogens with one attached hydrogen (secondary N) is 1. The number of carbonyl (C=O) groups excluding carboxylic acids is 2. The summed E-state index contributed by atoms with van der Waals surface area (Å²) in [6.07, 6.45) is 3.53. The second-order valence-corrected chi connectivity index (χ2v) is 7.40. The van der Waals surface area contributed by atoms with E-state index in [0.717, 1.165) is 35.6 Å². The van der Waals surface area contributed by atoms with E-state index >= 15 is 0 Å². The maximum absolute atomic E-state index is 12.3. The molecule has 2 aromatic rings. The number of ether oxygens (including phenoxy) is 1. The highest BCUT2D eigenvalue weighted by Gasteiger charge is 2.15. The van der Waals surface area contributed by atoms with Gasteiger partial charge >= 0.3 is 0 Å². The van der Waals surface area contributed by atoms with Crippen molar-refractivity contribution >= 4 is 28.3 Å². The van der Waals surface area contributed by atoms with Crippen LogP contribution in [0.25, 0.3) is 10.6 Å². The molecule has 2 rings (SSSR count). The Morgan fingerprint density at radius 3 is 2.46 bits per heavy atom. The van der Waals surface area contributed by atoms with Crippen LogP contribution in [0.1, 0.15) is 46.0 Å². The first kappa shape index (κ1) is 21.8. The quantitative estimate of drug-likeness (QED) is 0.612. The van der Waals surface area contributed by atoms with E-state index in [0.29, 0.717) is 24.6 Å². The first-order chi connectivity index (χ1) is 13.6. The molecule has 0 fully saturated rings. The highest BCUT2D eigenvalue weighted by molar-refractivity contribution is 7.18. The number of aromatic nitrogens is 2. The first-order valence-corrected chi connectivity index (χ1v) is 10.4. The molecule has 28 heavy (non-hydrogen) atoms. The van der Waals surface area contributed by atoms with Crippen molar-refractivity contribution in [1.29, 1.82) is 0 Å². The second-order valence-electron chi connectivity index (χ2n) is 6.42. The van der Waals surface area contributed by atoms with E-state index < -0.39 is 0 Å². The van der Waals surface area contributed by atoms with Crippen LogP contribution in [0.2, 0.25) is 0 Å². The van der Waals surface area contributed by atoms with E-state index in [1.807, 2.05) is 31.2 Å². The van der Waals surface area contributed by atoms with Gasteiger partial charge in [-0.2, -0.15) is 0 Å². The maximum Gasteiger partial charge on any atom is 0.227 e. The van der Waals surface area contributed by atoms with Gasteiger partial charge in [-0.25, -0.2) is 0 Å². The van der Waals surface area contributed by atoms with Crippen LogP contribution in [-0.2, 0) is 9.59 Å². The second kappa shape index (κ2) is 11.4. The summed E-state index contributed by atoms with van der Waals surface area (Å²) >= 11 is 1.31. The zero-order valence-corrected chi connectivity index (χ0v) is 17.6. The van der Waals surface area contributed by atoms with Crippen LogP contribution < -0.4 is 10.1 Å². The molecule has 2 amide bonds. The van der Waals surface area contributed by atoms with Crippen LogP contribution in [-0.4, -0.2) is 47.1 Å². The summed E-state index contributed by atoms with van der Waals surface area (Å²) in [5.74, 6) is 0.725. The summed E-state index contributed by atoms with van der Waals surface area (Å²) in [6.45, 7) is 5.19. The Hall–Kier alpha value is -2.48. The minimum atomic E-state index is -0.165. The minimum Gasteiger partial charge on any atom is -0.497 e. The zero-order chi connectivity index (χ0) is 20.4. The Labute approximate surface area is 170 Å². The Balaban J connectivity index is 1.88. The average Bonchev–Trinajstić information content (AvgIpc) is 3.17. The number of rotatable bonds is 11. The van der Waals surface area contributed by atoms with E-state index in [4.69, 9.17) is 4.74 Å². The average molecular weight is 405 g/mol. The van der Waals surface area contributed by atoms with E-state index in [1.54, 1.807) is 12.0 Å². The molecular formula is C20H28N4O3S. The zero-order valence-electron chi connectivity index (χ0n) is 16.7. The molecule has 1 heterocycles. The van der Waals surface area contributed by atoms with Gasteiger partial charge in [-0.3, -0.25) is 9.59 Å². The topological polar surface area (TPSA) is 84.4 Å². The Bertz CT molecular complexity index is 761. The van der Waals surface area contributed by atoms with Crippen molar-refractivity contribution in [1.82, 2.24) is 15.1 Å². The van der Waals surface area contributed by atoms with Crippen LogP contribution in [0.3, 0.4) is 0 Å². The van der Waals surface area contributed by atoms with Crippen LogP contribution in [0.5, 0.6) is 5.75 Å². The third-order valence-electron chi connectivity index (χ3n) is 4.21. The molecule has 0 aliphatic carbocycles. The van der Waals surface area contributed by atoms with Crippen LogP contribution >= 0.6 is 11.3 Å². The summed E-state index contributed by atoms with van der Waals surface area (Å²) < 4.78 is 5.15. The highest BCUT2D eigenvalue weighted by atomic mass is 32.1. The Kier molecular flexibility index (Phi) is 8.87. The van der Waals surface area contributed by atoms with Gasteiger partial charge in [0.05, 0.1) is 7.11 Å². The molecule has 0 bridgehead atoms. The van der Waals surface area contributed by atoms with Crippen molar-refractivity contribution in [2.45, 2.75) is 46.0 Å². The molecule has 0 saturated heterocycles. The number of carbonyl (C=O) groups is 2. The summed E-state index contributed by atoms with van der Waals surface area (Å²) in [6, 6.07) is 7.50. The van der Waals surface area contributed by atoms with Gasteiger partial charge in [0.25, 0.3) is 0 Å². The molecule has 0 unspecified atom stereocenters. The third kappa shape index (κ3) is 6.60. The molecule has 1 N–H and O–H groups in total. The van der Waals surface area contributed by atoms with Gasteiger partial charge in [-0.15, -0.1) is 10.2 Å². The van der Waals surface area contributed by atoms with Crippen molar-refractivity contribution in [3.63, 3.8) is 0 Å². The molecule has 1 aromatic heterocycles. The summed E-state index contributed by atoms with van der Waals surface area (Å²) in [7, 11) is 1.62. The smallest absolute Gasteiger partial charge is 0.227 e. The fourth-order valence-corrected chi connectivity index (χ4v) is 3.42. The molecule has 0 aliphatic rings. The SMILES string of the molecule is CCCCC(=O)N(CCC)CCC(=O)Nc1nnc(-c2ccc(OC)cc2)s1. The molecule has 0 atom stereocenters.